The molecule has 2 aromatic rings. The second-order valence-electron chi connectivity index (χ2n) is 7.56. The number of nitrogens with two attached hydrogens (primary N) is 1. The number of piperidine rings is 1. The number of ether oxygens (including phenoxy) is 1. The molecule has 27 heavy (non-hydrogen) atoms. The van der Waals surface area contributed by atoms with Crippen LogP contribution in [0.5, 0.6) is 0 Å². The molecule has 3 N–H and O–H groups in total. The van der Waals surface area contributed by atoms with Crippen molar-refractivity contribution in [1.29, 1.82) is 0 Å². The van der Waals surface area contributed by atoms with Crippen LogP contribution in [0.3, 0.4) is 0 Å². The van der Waals surface area contributed by atoms with Crippen LogP contribution in [-0.2, 0) is 11.2 Å². The molecule has 146 valence electrons. The molecule has 2 fully saturated rings. The number of nitrogens with one attached hydrogen (secondary N) is 1. The Labute approximate surface area is 164 Å². The fourth-order valence-electron chi connectivity index (χ4n) is 4.19. The second-order valence-corrected chi connectivity index (χ2v) is 8.00. The minimum absolute atomic E-state index is 0.275. The van der Waals surface area contributed by atoms with Crippen molar-refractivity contribution < 1.29 is 4.74 Å². The van der Waals surface area contributed by atoms with Crippen molar-refractivity contribution in [3.8, 4) is 0 Å². The molecule has 0 radical (unpaired) electrons. The van der Waals surface area contributed by atoms with Crippen molar-refractivity contribution in [2.45, 2.75) is 44.4 Å². The monoisotopic (exact) mass is 390 g/mol. The molecule has 4 rings (SSSR count). The maximum absolute atomic E-state index is 6.03. The summed E-state index contributed by atoms with van der Waals surface area (Å²) in [7, 11) is 0. The van der Waals surface area contributed by atoms with Gasteiger partial charge in [-0.15, -0.1) is 5.10 Å². The van der Waals surface area contributed by atoms with Gasteiger partial charge in [-0.25, -0.2) is 5.10 Å². The molecule has 7 nitrogen and oxygen atoms in total. The van der Waals surface area contributed by atoms with Crippen LogP contribution in [0.2, 0.25) is 5.02 Å². The lowest BCUT2D eigenvalue weighted by molar-refractivity contribution is -0.0745. The van der Waals surface area contributed by atoms with Gasteiger partial charge in [0.05, 0.1) is 12.7 Å². The van der Waals surface area contributed by atoms with Gasteiger partial charge in [-0.1, -0.05) is 23.7 Å². The molecule has 0 bridgehead atoms. The summed E-state index contributed by atoms with van der Waals surface area (Å²) in [6, 6.07) is 9.13. The van der Waals surface area contributed by atoms with Crippen LogP contribution >= 0.6 is 11.6 Å². The highest BCUT2D eigenvalue weighted by atomic mass is 35.5. The smallest absolute Gasteiger partial charge is 0.246 e. The zero-order valence-electron chi connectivity index (χ0n) is 15.6. The van der Waals surface area contributed by atoms with Crippen LogP contribution in [0.15, 0.2) is 24.3 Å². The van der Waals surface area contributed by atoms with Gasteiger partial charge in [-0.3, -0.25) is 4.90 Å². The summed E-state index contributed by atoms with van der Waals surface area (Å²) in [5, 5.41) is 7.69. The molecule has 0 spiro atoms. The number of rotatable bonds is 4. The van der Waals surface area contributed by atoms with Gasteiger partial charge in [-0.05, 0) is 43.9 Å². The van der Waals surface area contributed by atoms with Crippen LogP contribution in [0, 0.1) is 0 Å². The van der Waals surface area contributed by atoms with Gasteiger partial charge >= 0.3 is 0 Å². The van der Waals surface area contributed by atoms with Crippen LogP contribution < -0.4 is 10.6 Å². The molecule has 0 amide bonds. The molecule has 0 aliphatic carbocycles. The number of halogens is 1. The molecule has 8 heteroatoms. The Morgan fingerprint density at radius 2 is 2.00 bits per heavy atom. The van der Waals surface area contributed by atoms with Crippen molar-refractivity contribution in [1.82, 2.24) is 20.1 Å². The average Bonchev–Trinajstić information content (AvgIpc) is 3.11. The first-order valence-corrected chi connectivity index (χ1v) is 10.0. The molecule has 1 aromatic carbocycles. The fraction of sp³-hybridized carbons (Fsp3) is 0.579. The third-order valence-electron chi connectivity index (χ3n) is 5.60. The molecule has 1 unspecified atom stereocenters. The van der Waals surface area contributed by atoms with Crippen molar-refractivity contribution in [2.75, 3.05) is 36.9 Å². The van der Waals surface area contributed by atoms with E-state index in [1.54, 1.807) is 0 Å². The number of aromatic amines is 1. The molecule has 0 saturated carbocycles. The molecule has 1 aromatic heterocycles. The second kappa shape index (κ2) is 8.04. The molecule has 2 aliphatic rings. The van der Waals surface area contributed by atoms with Gasteiger partial charge in [0, 0.05) is 36.7 Å². The first kappa shape index (κ1) is 18.5. The Bertz CT molecular complexity index is 743. The number of hydrogen-bond donors (Lipinski definition) is 2. The van der Waals surface area contributed by atoms with Gasteiger partial charge in [0.1, 0.15) is 0 Å². The highest BCUT2D eigenvalue weighted by Gasteiger charge is 2.34. The summed E-state index contributed by atoms with van der Waals surface area (Å²) in [5.74, 6) is 1.08. The van der Waals surface area contributed by atoms with Gasteiger partial charge in [0.25, 0.3) is 0 Å². The minimum atomic E-state index is 0.275. The Morgan fingerprint density at radius 1 is 1.26 bits per heavy atom. The minimum Gasteiger partial charge on any atom is -0.376 e. The predicted molar refractivity (Wildman–Crippen MR) is 107 cm³/mol. The zero-order valence-corrected chi connectivity index (χ0v) is 16.4. The standard InChI is InChI=1S/C19H27ClN6O/c1-13-11-26(17(12-27-13)10-14-2-4-15(20)5-3-14)16-6-8-25(9-7-16)19-22-18(21)23-24-19/h2-5,13,16-17H,6-12H2,1H3,(H3,21,22,23,24)/t13-,17?/m0/s1. The third-order valence-corrected chi connectivity index (χ3v) is 5.85. The van der Waals surface area contributed by atoms with E-state index in [0.29, 0.717) is 24.0 Å². The quantitative estimate of drug-likeness (QED) is 0.833. The van der Waals surface area contributed by atoms with E-state index in [0.717, 1.165) is 50.5 Å². The first-order chi connectivity index (χ1) is 13.1. The number of nitrogen functional groups attached to an aromatic ring is 1. The topological polar surface area (TPSA) is 83.3 Å². The summed E-state index contributed by atoms with van der Waals surface area (Å²) in [5.41, 5.74) is 6.97. The van der Waals surface area contributed by atoms with E-state index in [2.05, 4.69) is 44.0 Å². The number of benzene rings is 1. The largest absolute Gasteiger partial charge is 0.376 e. The molecule has 3 heterocycles. The predicted octanol–water partition coefficient (Wildman–Crippen LogP) is 2.34. The van der Waals surface area contributed by atoms with Gasteiger partial charge in [0.15, 0.2) is 0 Å². The molecule has 2 atom stereocenters. The molecular weight excluding hydrogens is 364 g/mol. The first-order valence-electron chi connectivity index (χ1n) is 9.63. The third kappa shape index (κ3) is 4.36. The maximum atomic E-state index is 6.03. The number of morpholine rings is 1. The van der Waals surface area contributed by atoms with Crippen LogP contribution in [0.25, 0.3) is 0 Å². The zero-order chi connectivity index (χ0) is 18.8. The van der Waals surface area contributed by atoms with Gasteiger partial charge in [-0.2, -0.15) is 4.98 Å². The summed E-state index contributed by atoms with van der Waals surface area (Å²) in [6.07, 6.45) is 3.45. The van der Waals surface area contributed by atoms with Crippen molar-refractivity contribution in [3.63, 3.8) is 0 Å². The number of hydrogen-bond acceptors (Lipinski definition) is 6. The molecule has 2 aliphatic heterocycles. The van der Waals surface area contributed by atoms with E-state index in [1.807, 2.05) is 12.1 Å². The summed E-state index contributed by atoms with van der Waals surface area (Å²) in [6.45, 7) is 5.82. The van der Waals surface area contributed by atoms with E-state index in [1.165, 1.54) is 5.56 Å². The Hall–Kier alpha value is -1.83. The summed E-state index contributed by atoms with van der Waals surface area (Å²) in [4.78, 5) is 9.12. The summed E-state index contributed by atoms with van der Waals surface area (Å²) >= 11 is 6.03. The molecule has 2 saturated heterocycles. The highest BCUT2D eigenvalue weighted by molar-refractivity contribution is 6.30. The van der Waals surface area contributed by atoms with E-state index in [9.17, 15) is 0 Å². The van der Waals surface area contributed by atoms with Gasteiger partial charge in [0.2, 0.25) is 11.9 Å². The number of H-pyrrole nitrogens is 1. The van der Waals surface area contributed by atoms with Crippen molar-refractivity contribution in [2.24, 2.45) is 0 Å². The normalized spacial score (nSPS) is 25.0. The average molecular weight is 391 g/mol. The van der Waals surface area contributed by atoms with Crippen molar-refractivity contribution >= 4 is 23.5 Å². The van der Waals surface area contributed by atoms with Gasteiger partial charge < -0.3 is 15.4 Å². The highest BCUT2D eigenvalue weighted by Crippen LogP contribution is 2.26. The van der Waals surface area contributed by atoms with E-state index in [-0.39, 0.29) is 6.10 Å². The Balaban J connectivity index is 1.41. The number of anilines is 2. The van der Waals surface area contributed by atoms with Crippen LogP contribution in [0.1, 0.15) is 25.3 Å². The number of nitrogens with zero attached hydrogens (tertiary/aromatic N) is 4. The lowest BCUT2D eigenvalue weighted by Gasteiger charge is -2.46. The summed E-state index contributed by atoms with van der Waals surface area (Å²) < 4.78 is 5.98. The van der Waals surface area contributed by atoms with Crippen LogP contribution in [-0.4, -0.2) is 64.5 Å². The molecular formula is C19H27ClN6O. The lowest BCUT2D eigenvalue weighted by atomic mass is 9.96. The van der Waals surface area contributed by atoms with Crippen molar-refractivity contribution in [3.05, 3.63) is 34.9 Å². The van der Waals surface area contributed by atoms with E-state index >= 15 is 0 Å². The fourth-order valence-corrected chi connectivity index (χ4v) is 4.32. The van der Waals surface area contributed by atoms with E-state index in [4.69, 9.17) is 22.1 Å². The Morgan fingerprint density at radius 3 is 2.67 bits per heavy atom. The van der Waals surface area contributed by atoms with Crippen LogP contribution in [0.4, 0.5) is 11.9 Å². The van der Waals surface area contributed by atoms with E-state index < -0.39 is 0 Å². The maximum Gasteiger partial charge on any atom is 0.246 e. The lowest BCUT2D eigenvalue weighted by Crippen LogP contribution is -2.56. The SMILES string of the molecule is C[C@H]1CN(C2CCN(c3n[nH]c(N)n3)CC2)C(Cc2ccc(Cl)cc2)CO1. The Kier molecular flexibility index (Phi) is 5.52. The number of aromatic nitrogens is 3.